The van der Waals surface area contributed by atoms with E-state index in [1.165, 1.54) is 102 Å². The van der Waals surface area contributed by atoms with Gasteiger partial charge in [0.2, 0.25) is 0 Å². The monoisotopic (exact) mass is 704 g/mol. The summed E-state index contributed by atoms with van der Waals surface area (Å²) in [5.41, 5.74) is 8.96. The van der Waals surface area contributed by atoms with E-state index in [1.807, 2.05) is 11.3 Å². The molecule has 0 amide bonds. The zero-order chi connectivity index (χ0) is 35.3. The molecule has 9 aromatic carbocycles. The molecule has 0 N–H and O–H groups in total. The van der Waals surface area contributed by atoms with Crippen molar-refractivity contribution in [2.75, 3.05) is 0 Å². The molecule has 0 saturated heterocycles. The van der Waals surface area contributed by atoms with Gasteiger partial charge in [-0.15, -0.1) is 11.3 Å². The average molecular weight is 705 g/mol. The molecule has 10 aromatic rings. The second-order valence-corrected chi connectivity index (χ2v) is 15.8. The first-order chi connectivity index (χ1) is 26.8. The minimum atomic E-state index is 0.208. The molecule has 2 aliphatic rings. The van der Waals surface area contributed by atoms with E-state index in [0.29, 0.717) is 0 Å². The minimum Gasteiger partial charge on any atom is -0.460 e. The van der Waals surface area contributed by atoms with Gasteiger partial charge in [-0.1, -0.05) is 152 Å². The van der Waals surface area contributed by atoms with Crippen molar-refractivity contribution in [2.24, 2.45) is 0 Å². The van der Waals surface area contributed by atoms with Gasteiger partial charge in [0, 0.05) is 37.0 Å². The summed E-state index contributed by atoms with van der Waals surface area (Å²) in [6.45, 7) is 0. The Bertz CT molecular complexity index is 3210. The van der Waals surface area contributed by atoms with Crippen molar-refractivity contribution in [1.29, 1.82) is 0 Å². The zero-order valence-corrected chi connectivity index (χ0v) is 30.2. The van der Waals surface area contributed by atoms with Gasteiger partial charge in [0.15, 0.2) is 0 Å². The highest BCUT2D eigenvalue weighted by Gasteiger charge is 2.34. The number of thiophene rings is 1. The van der Waals surface area contributed by atoms with Gasteiger partial charge in [-0.3, -0.25) is 0 Å². The quantitative estimate of drug-likeness (QED) is 0.166. The van der Waals surface area contributed by atoms with Crippen LogP contribution >= 0.6 is 11.3 Å². The molecule has 2 heteroatoms. The Balaban J connectivity index is 0.937. The van der Waals surface area contributed by atoms with Gasteiger partial charge in [-0.25, -0.2) is 0 Å². The highest BCUT2D eigenvalue weighted by atomic mass is 32.1. The van der Waals surface area contributed by atoms with Crippen LogP contribution in [0.15, 0.2) is 182 Å². The van der Waals surface area contributed by atoms with E-state index >= 15 is 0 Å². The average Bonchev–Trinajstić information content (AvgIpc) is 3.81. The highest BCUT2D eigenvalue weighted by molar-refractivity contribution is 7.26. The van der Waals surface area contributed by atoms with Crippen molar-refractivity contribution >= 4 is 80.2 Å². The third-order valence-electron chi connectivity index (χ3n) is 11.8. The molecule has 1 atom stereocenters. The van der Waals surface area contributed by atoms with Crippen LogP contribution in [0.1, 0.15) is 23.5 Å². The molecule has 1 unspecified atom stereocenters. The summed E-state index contributed by atoms with van der Waals surface area (Å²) in [5, 5.41) is 12.7. The molecule has 0 spiro atoms. The van der Waals surface area contributed by atoms with Crippen LogP contribution in [-0.2, 0) is 0 Å². The first-order valence-electron chi connectivity index (χ1n) is 18.8. The maximum Gasteiger partial charge on any atom is 0.139 e. The van der Waals surface area contributed by atoms with E-state index in [2.05, 4.69) is 176 Å². The van der Waals surface area contributed by atoms with Crippen LogP contribution < -0.4 is 4.74 Å². The molecule has 0 bridgehead atoms. The number of fused-ring (bicyclic) bond motifs is 12. The van der Waals surface area contributed by atoms with Gasteiger partial charge in [0.25, 0.3) is 0 Å². The number of benzene rings is 9. The summed E-state index contributed by atoms with van der Waals surface area (Å²) in [4.78, 5) is 0. The molecule has 252 valence electrons. The van der Waals surface area contributed by atoms with Crippen LogP contribution in [-0.4, -0.2) is 0 Å². The Morgan fingerprint density at radius 1 is 0.444 bits per heavy atom. The topological polar surface area (TPSA) is 9.23 Å². The molecule has 12 rings (SSSR count). The van der Waals surface area contributed by atoms with Gasteiger partial charge in [-0.2, -0.15) is 0 Å². The molecule has 1 aliphatic heterocycles. The zero-order valence-electron chi connectivity index (χ0n) is 29.3. The number of ether oxygens (including phenoxy) is 1. The summed E-state index contributed by atoms with van der Waals surface area (Å²) in [7, 11) is 0. The van der Waals surface area contributed by atoms with E-state index in [9.17, 15) is 0 Å². The lowest BCUT2D eigenvalue weighted by atomic mass is 9.83. The van der Waals surface area contributed by atoms with Crippen LogP contribution in [0.3, 0.4) is 0 Å². The summed E-state index contributed by atoms with van der Waals surface area (Å²) in [6.07, 6.45) is 5.39. The standard InChI is InChI=1S/C52H32OS/c1-2-10-35-29-37(22-19-31(35)9-1)49-40-13-5-3-11-38(40)48(39-12-4-6-14-41(39)49)33-20-17-32(18-21-33)36-24-27-45-44(30-36)42-26-23-34-25-28-47-51(50(34)52(42)53-45)43-15-7-8-16-46(43)54-47/h1-29,44H,30H2. The first kappa shape index (κ1) is 30.0. The Hall–Kier alpha value is -6.48. The van der Waals surface area contributed by atoms with E-state index in [-0.39, 0.29) is 5.92 Å². The second-order valence-electron chi connectivity index (χ2n) is 14.7. The fourth-order valence-corrected chi connectivity index (χ4v) is 10.4. The van der Waals surface area contributed by atoms with Gasteiger partial charge in [0.1, 0.15) is 11.5 Å². The smallest absolute Gasteiger partial charge is 0.139 e. The maximum atomic E-state index is 6.78. The van der Waals surface area contributed by atoms with Crippen LogP contribution in [0.25, 0.3) is 91.1 Å². The highest BCUT2D eigenvalue weighted by Crippen LogP contribution is 2.53. The predicted molar refractivity (Wildman–Crippen MR) is 231 cm³/mol. The summed E-state index contributed by atoms with van der Waals surface area (Å²) in [6, 6.07) is 60.5. The maximum absolute atomic E-state index is 6.78. The third-order valence-corrected chi connectivity index (χ3v) is 13.0. The molecule has 0 fully saturated rings. The third kappa shape index (κ3) is 4.38. The molecule has 1 aliphatic carbocycles. The fourth-order valence-electron chi connectivity index (χ4n) is 9.33. The summed E-state index contributed by atoms with van der Waals surface area (Å²) >= 11 is 1.86. The van der Waals surface area contributed by atoms with Gasteiger partial charge in [-0.05, 0) is 102 Å². The van der Waals surface area contributed by atoms with E-state index in [4.69, 9.17) is 4.74 Å². The molecule has 0 saturated carbocycles. The fraction of sp³-hybridized carbons (Fsp3) is 0.0385. The van der Waals surface area contributed by atoms with Crippen molar-refractivity contribution in [2.45, 2.75) is 12.3 Å². The van der Waals surface area contributed by atoms with E-state index < -0.39 is 0 Å². The predicted octanol–water partition coefficient (Wildman–Crippen LogP) is 14.8. The molecular formula is C52H32OS. The lowest BCUT2D eigenvalue weighted by molar-refractivity contribution is 0.430. The van der Waals surface area contributed by atoms with Crippen molar-refractivity contribution in [3.63, 3.8) is 0 Å². The summed E-state index contributed by atoms with van der Waals surface area (Å²) in [5.74, 6) is 2.30. The first-order valence-corrected chi connectivity index (χ1v) is 19.6. The lowest BCUT2D eigenvalue weighted by Crippen LogP contribution is -2.04. The molecule has 2 heterocycles. The number of hydrogen-bond donors (Lipinski definition) is 0. The normalized spacial score (nSPS) is 15.1. The largest absolute Gasteiger partial charge is 0.460 e. The van der Waals surface area contributed by atoms with Crippen molar-refractivity contribution in [3.05, 3.63) is 193 Å². The minimum absolute atomic E-state index is 0.208. The Morgan fingerprint density at radius 2 is 1.04 bits per heavy atom. The Morgan fingerprint density at radius 3 is 1.80 bits per heavy atom. The van der Waals surface area contributed by atoms with Crippen LogP contribution in [0.5, 0.6) is 5.75 Å². The molecule has 1 nitrogen and oxygen atoms in total. The Kier molecular flexibility index (Phi) is 6.40. The van der Waals surface area contributed by atoms with Gasteiger partial charge in [0.05, 0.1) is 0 Å². The van der Waals surface area contributed by atoms with E-state index in [1.54, 1.807) is 0 Å². The molecule has 1 aromatic heterocycles. The van der Waals surface area contributed by atoms with Crippen LogP contribution in [0, 0.1) is 0 Å². The van der Waals surface area contributed by atoms with Crippen molar-refractivity contribution in [3.8, 4) is 28.0 Å². The van der Waals surface area contributed by atoms with Gasteiger partial charge >= 0.3 is 0 Å². The van der Waals surface area contributed by atoms with E-state index in [0.717, 1.165) is 17.9 Å². The van der Waals surface area contributed by atoms with Crippen molar-refractivity contribution in [1.82, 2.24) is 0 Å². The van der Waals surface area contributed by atoms with Crippen LogP contribution in [0.2, 0.25) is 0 Å². The number of allylic oxidation sites excluding steroid dienone is 4. The molecule has 0 radical (unpaired) electrons. The van der Waals surface area contributed by atoms with Gasteiger partial charge < -0.3 is 4.74 Å². The van der Waals surface area contributed by atoms with Crippen molar-refractivity contribution < 1.29 is 4.74 Å². The number of rotatable bonds is 3. The molecular weight excluding hydrogens is 673 g/mol. The SMILES string of the molecule is C1=C(c2ccc(-c3c4ccccc4c(-c4ccc5ccccc5c4)c4ccccc34)cc2)CC2C(=C1)Oc1c2ccc2ccc3sc4ccccc4c3c12. The summed E-state index contributed by atoms with van der Waals surface area (Å²) < 4.78 is 9.41. The Labute approximate surface area is 316 Å². The molecule has 54 heavy (non-hydrogen) atoms. The number of hydrogen-bond acceptors (Lipinski definition) is 2. The lowest BCUT2D eigenvalue weighted by Gasteiger charge is -2.20. The second kappa shape index (κ2) is 11.5. The van der Waals surface area contributed by atoms with Crippen LogP contribution in [0.4, 0.5) is 0 Å².